The maximum absolute atomic E-state index is 13.3. The van der Waals surface area contributed by atoms with Crippen molar-refractivity contribution in [2.24, 2.45) is 0 Å². The number of halogens is 1. The third-order valence-corrected chi connectivity index (χ3v) is 5.57. The van der Waals surface area contributed by atoms with Crippen molar-refractivity contribution in [1.82, 2.24) is 4.90 Å². The highest BCUT2D eigenvalue weighted by Gasteiger charge is 2.40. The Morgan fingerprint density at radius 1 is 0.933 bits per heavy atom. The molecule has 0 saturated heterocycles. The van der Waals surface area contributed by atoms with E-state index in [-0.39, 0.29) is 18.1 Å². The van der Waals surface area contributed by atoms with Gasteiger partial charge in [0.05, 0.1) is 6.04 Å². The highest BCUT2D eigenvalue weighted by Crippen LogP contribution is 2.43. The summed E-state index contributed by atoms with van der Waals surface area (Å²) in [6, 6.07) is 23.3. The topological polar surface area (TPSA) is 40.5 Å². The van der Waals surface area contributed by atoms with Gasteiger partial charge in [0, 0.05) is 12.1 Å². The Kier molecular flexibility index (Phi) is 5.40. The number of amides is 1. The molecule has 0 radical (unpaired) electrons. The van der Waals surface area contributed by atoms with Gasteiger partial charge in [0.25, 0.3) is 5.91 Å². The van der Waals surface area contributed by atoms with Crippen LogP contribution in [0.4, 0.5) is 4.39 Å². The summed E-state index contributed by atoms with van der Waals surface area (Å²) in [6.45, 7) is 4.54. The average molecular weight is 401 g/mol. The van der Waals surface area contributed by atoms with Crippen LogP contribution in [0.15, 0.2) is 84.6 Å². The van der Waals surface area contributed by atoms with E-state index in [2.05, 4.69) is 26.0 Å². The smallest absolute Gasteiger partial charge is 0.290 e. The normalized spacial score (nSPS) is 16.6. The van der Waals surface area contributed by atoms with Crippen molar-refractivity contribution in [2.75, 3.05) is 0 Å². The van der Waals surface area contributed by atoms with E-state index in [0.29, 0.717) is 11.5 Å². The summed E-state index contributed by atoms with van der Waals surface area (Å²) in [6.07, 6.45) is 0. The lowest BCUT2D eigenvalue weighted by atomic mass is 9.91. The van der Waals surface area contributed by atoms with Crippen molar-refractivity contribution in [3.05, 3.63) is 113 Å². The summed E-state index contributed by atoms with van der Waals surface area (Å²) >= 11 is 0. The Balaban J connectivity index is 1.78. The molecule has 4 heteroatoms. The minimum absolute atomic E-state index is 0.235. The first kappa shape index (κ1) is 19.9. The van der Waals surface area contributed by atoms with Gasteiger partial charge in [0.2, 0.25) is 0 Å². The second-order valence-corrected chi connectivity index (χ2v) is 7.91. The molecule has 4 rings (SSSR count). The van der Waals surface area contributed by atoms with E-state index in [0.717, 1.165) is 16.7 Å². The number of nitrogens with zero attached hydrogens (tertiary/aromatic N) is 1. The number of rotatable bonds is 5. The molecule has 0 aliphatic carbocycles. The van der Waals surface area contributed by atoms with E-state index in [9.17, 15) is 14.3 Å². The minimum atomic E-state index is -0.425. The van der Waals surface area contributed by atoms with Crippen molar-refractivity contribution in [3.8, 4) is 0 Å². The van der Waals surface area contributed by atoms with Crippen LogP contribution >= 0.6 is 0 Å². The van der Waals surface area contributed by atoms with Crippen LogP contribution in [0.25, 0.3) is 5.57 Å². The van der Waals surface area contributed by atoms with Gasteiger partial charge in [-0.2, -0.15) is 0 Å². The van der Waals surface area contributed by atoms with Crippen molar-refractivity contribution >= 4 is 11.5 Å². The summed E-state index contributed by atoms with van der Waals surface area (Å²) in [4.78, 5) is 14.7. The first-order valence-electron chi connectivity index (χ1n) is 10.1. The standard InChI is InChI=1S/C26H24FNO2/c1-17(2)19-10-12-21(13-11-19)24-23(20-6-4-3-5-7-20)25(29)26(30)28(24)16-18-8-14-22(27)15-9-18/h3-15,17,24,29H,16H2,1-2H3. The van der Waals surface area contributed by atoms with Crippen molar-refractivity contribution in [1.29, 1.82) is 0 Å². The monoisotopic (exact) mass is 401 g/mol. The Hall–Kier alpha value is -3.40. The summed E-state index contributed by atoms with van der Waals surface area (Å²) in [5.41, 5.74) is 4.35. The largest absolute Gasteiger partial charge is 0.503 e. The maximum atomic E-state index is 13.3. The average Bonchev–Trinajstić information content (AvgIpc) is 3.01. The Labute approximate surface area is 176 Å². The fraction of sp³-hybridized carbons (Fsp3) is 0.192. The molecule has 0 aromatic heterocycles. The number of carbonyl (C=O) groups excluding carboxylic acids is 1. The zero-order valence-corrected chi connectivity index (χ0v) is 17.0. The molecule has 0 saturated carbocycles. The summed E-state index contributed by atoms with van der Waals surface area (Å²) in [5.74, 6) is -0.576. The number of carbonyl (C=O) groups is 1. The lowest BCUT2D eigenvalue weighted by Gasteiger charge is -2.28. The van der Waals surface area contributed by atoms with Gasteiger partial charge in [-0.3, -0.25) is 4.79 Å². The first-order chi connectivity index (χ1) is 14.5. The molecule has 0 spiro atoms. The van der Waals surface area contributed by atoms with Gasteiger partial charge in [-0.15, -0.1) is 0 Å². The SMILES string of the molecule is CC(C)c1ccc(C2C(c3ccccc3)=C(O)C(=O)N2Cc2ccc(F)cc2)cc1. The van der Waals surface area contributed by atoms with Gasteiger partial charge in [0.1, 0.15) is 5.82 Å². The van der Waals surface area contributed by atoms with Crippen molar-refractivity contribution in [3.63, 3.8) is 0 Å². The van der Waals surface area contributed by atoms with Gasteiger partial charge < -0.3 is 10.0 Å². The van der Waals surface area contributed by atoms with Gasteiger partial charge in [-0.1, -0.05) is 80.6 Å². The Morgan fingerprint density at radius 3 is 2.17 bits per heavy atom. The summed E-state index contributed by atoms with van der Waals surface area (Å²) < 4.78 is 13.3. The zero-order valence-electron chi connectivity index (χ0n) is 17.0. The highest BCUT2D eigenvalue weighted by atomic mass is 19.1. The van der Waals surface area contributed by atoms with Gasteiger partial charge in [0.15, 0.2) is 5.76 Å². The second kappa shape index (κ2) is 8.15. The quantitative estimate of drug-likeness (QED) is 0.569. The van der Waals surface area contributed by atoms with Crippen LogP contribution in [0.1, 0.15) is 48.1 Å². The van der Waals surface area contributed by atoms with E-state index >= 15 is 0 Å². The fourth-order valence-corrected chi connectivity index (χ4v) is 3.93. The van der Waals surface area contributed by atoms with Crippen LogP contribution in [0, 0.1) is 5.82 Å². The predicted octanol–water partition coefficient (Wildman–Crippen LogP) is 6.00. The molecule has 1 aliphatic heterocycles. The van der Waals surface area contributed by atoms with E-state index in [4.69, 9.17) is 0 Å². The number of aliphatic hydroxyl groups excluding tert-OH is 1. The zero-order chi connectivity index (χ0) is 21.3. The van der Waals surface area contributed by atoms with Gasteiger partial charge in [-0.05, 0) is 40.3 Å². The number of benzene rings is 3. The van der Waals surface area contributed by atoms with E-state index in [1.165, 1.54) is 17.7 Å². The molecule has 0 bridgehead atoms. The lowest BCUT2D eigenvalue weighted by Crippen LogP contribution is -2.29. The van der Waals surface area contributed by atoms with Crippen molar-refractivity contribution in [2.45, 2.75) is 32.4 Å². The summed E-state index contributed by atoms with van der Waals surface area (Å²) in [5, 5.41) is 10.8. The molecule has 30 heavy (non-hydrogen) atoms. The Morgan fingerprint density at radius 2 is 1.57 bits per heavy atom. The number of hydrogen-bond acceptors (Lipinski definition) is 2. The van der Waals surface area contributed by atoms with Crippen LogP contribution in [-0.4, -0.2) is 15.9 Å². The molecule has 3 nitrogen and oxygen atoms in total. The molecule has 152 valence electrons. The highest BCUT2D eigenvalue weighted by molar-refractivity contribution is 6.05. The summed E-state index contributed by atoms with van der Waals surface area (Å²) in [7, 11) is 0. The molecule has 1 N–H and O–H groups in total. The van der Waals surface area contributed by atoms with Crippen LogP contribution < -0.4 is 0 Å². The van der Waals surface area contributed by atoms with E-state index < -0.39 is 11.9 Å². The van der Waals surface area contributed by atoms with Crippen molar-refractivity contribution < 1.29 is 14.3 Å². The first-order valence-corrected chi connectivity index (χ1v) is 10.1. The van der Waals surface area contributed by atoms with Crippen LogP contribution in [0.2, 0.25) is 0 Å². The molecule has 1 atom stereocenters. The molecule has 3 aromatic rings. The molecule has 1 heterocycles. The fourth-order valence-electron chi connectivity index (χ4n) is 3.93. The third-order valence-electron chi connectivity index (χ3n) is 5.57. The maximum Gasteiger partial charge on any atom is 0.290 e. The number of hydrogen-bond donors (Lipinski definition) is 1. The molecule has 1 amide bonds. The van der Waals surface area contributed by atoms with Gasteiger partial charge in [-0.25, -0.2) is 4.39 Å². The van der Waals surface area contributed by atoms with Crippen LogP contribution in [0.5, 0.6) is 0 Å². The number of aliphatic hydroxyl groups is 1. The van der Waals surface area contributed by atoms with Crippen LogP contribution in [0.3, 0.4) is 0 Å². The molecule has 1 aliphatic rings. The second-order valence-electron chi connectivity index (χ2n) is 7.91. The predicted molar refractivity (Wildman–Crippen MR) is 116 cm³/mol. The van der Waals surface area contributed by atoms with E-state index in [1.807, 2.05) is 42.5 Å². The molecular weight excluding hydrogens is 377 g/mol. The third kappa shape index (κ3) is 3.73. The minimum Gasteiger partial charge on any atom is -0.503 e. The van der Waals surface area contributed by atoms with Crippen LogP contribution in [-0.2, 0) is 11.3 Å². The molecule has 3 aromatic carbocycles. The molecular formula is C26H24FNO2. The molecule has 1 unspecified atom stereocenters. The lowest BCUT2D eigenvalue weighted by molar-refractivity contribution is -0.130. The molecule has 0 fully saturated rings. The Bertz CT molecular complexity index is 1070. The van der Waals surface area contributed by atoms with Gasteiger partial charge >= 0.3 is 0 Å². The van der Waals surface area contributed by atoms with E-state index in [1.54, 1.807) is 17.0 Å².